The molecule has 1 unspecified atom stereocenters. The Bertz CT molecular complexity index is 2020. The standard InChI is InChI=1S/C39H46ClN5O6S/c1-25-5-3-7-35(49-2)31-11-8-28(31)20-44-23-39(14-4-6-26-17-29(40)10-12-32(26)39)24-51-36-13-9-27(18-34(36)44)37(46)42-52(48,22-25)43-38(47)33-19-30-21-50-16-15-45(30)41-33/h3,7,9-10,12-13,17-19,25,28,31,35H,4-6,8,11,14-16,20-24H2,1-2H3,(H,42,43,46,47,48)/b7-3+/t25-,28-,31+,35-,39-,52?/m0/s1. The average molecular weight is 748 g/mol. The maximum absolute atomic E-state index is 14.6. The van der Waals surface area contributed by atoms with Crippen LogP contribution in [0.5, 0.6) is 5.75 Å². The zero-order chi connectivity index (χ0) is 36.0. The van der Waals surface area contributed by atoms with E-state index in [1.54, 1.807) is 23.9 Å². The van der Waals surface area contributed by atoms with E-state index in [-0.39, 0.29) is 34.4 Å². The molecule has 1 fully saturated rings. The summed E-state index contributed by atoms with van der Waals surface area (Å²) >= 11 is 6.46. The predicted octanol–water partition coefficient (Wildman–Crippen LogP) is 6.13. The van der Waals surface area contributed by atoms with Gasteiger partial charge in [0.2, 0.25) is 0 Å². The number of hydrogen-bond acceptors (Lipinski definition) is 8. The molecular formula is C39H46ClN5O6S. The van der Waals surface area contributed by atoms with Gasteiger partial charge in [-0.25, -0.2) is 4.21 Å². The molecule has 1 spiro atoms. The monoisotopic (exact) mass is 747 g/mol. The van der Waals surface area contributed by atoms with Crippen LogP contribution in [0.25, 0.3) is 0 Å². The molecular weight excluding hydrogens is 702 g/mol. The zero-order valence-corrected chi connectivity index (χ0v) is 31.3. The number of carbonyl (C=O) groups is 2. The molecule has 13 heteroatoms. The molecule has 0 radical (unpaired) electrons. The number of methoxy groups -OCH3 is 1. The maximum Gasteiger partial charge on any atom is 0.286 e. The van der Waals surface area contributed by atoms with Gasteiger partial charge in [-0.3, -0.25) is 19.0 Å². The highest BCUT2D eigenvalue weighted by molar-refractivity contribution is 7.92. The minimum Gasteiger partial charge on any atom is -0.490 e. The molecule has 1 aromatic heterocycles. The molecule has 2 amide bonds. The van der Waals surface area contributed by atoms with Crippen molar-refractivity contribution < 1.29 is 28.0 Å². The molecule has 2 aliphatic carbocycles. The topological polar surface area (TPSA) is 124 Å². The molecule has 2 bridgehead atoms. The normalized spacial score (nSPS) is 30.8. The van der Waals surface area contributed by atoms with Crippen LogP contribution in [-0.2, 0) is 44.4 Å². The maximum atomic E-state index is 14.6. The van der Waals surface area contributed by atoms with E-state index >= 15 is 0 Å². The molecule has 276 valence electrons. The van der Waals surface area contributed by atoms with E-state index in [0.29, 0.717) is 56.9 Å². The molecule has 52 heavy (non-hydrogen) atoms. The number of benzene rings is 2. The molecule has 11 nitrogen and oxygen atoms in total. The fourth-order valence-electron chi connectivity index (χ4n) is 8.77. The van der Waals surface area contributed by atoms with Crippen molar-refractivity contribution in [2.75, 3.05) is 44.1 Å². The van der Waals surface area contributed by atoms with Gasteiger partial charge in [-0.05, 0) is 104 Å². The van der Waals surface area contributed by atoms with Crippen LogP contribution in [0.4, 0.5) is 5.69 Å². The van der Waals surface area contributed by atoms with Gasteiger partial charge in [-0.15, -0.1) is 4.36 Å². The second-order valence-corrected chi connectivity index (χ2v) is 17.6. The largest absolute Gasteiger partial charge is 0.490 e. The van der Waals surface area contributed by atoms with Crippen LogP contribution >= 0.6 is 11.6 Å². The number of amides is 2. The quantitative estimate of drug-likeness (QED) is 0.318. The average Bonchev–Trinajstić information content (AvgIpc) is 3.49. The fraction of sp³-hybridized carbons (Fsp3) is 0.513. The lowest BCUT2D eigenvalue weighted by molar-refractivity contribution is 0.0131. The highest BCUT2D eigenvalue weighted by Crippen LogP contribution is 2.47. The van der Waals surface area contributed by atoms with E-state index in [1.807, 2.05) is 25.1 Å². The van der Waals surface area contributed by atoms with E-state index in [9.17, 15) is 13.8 Å². The summed E-state index contributed by atoms with van der Waals surface area (Å²) in [5.41, 5.74) is 4.25. The number of anilines is 1. The Morgan fingerprint density at radius 1 is 1.17 bits per heavy atom. The molecule has 4 heterocycles. The SMILES string of the molecule is CO[C@H]1/C=C/C[C@H](C)CS(=O)(NC(=O)c2cc3n(n2)CCOC3)=NC(=O)c2ccc3c(c2)N(C[C@@H]2CC[C@H]21)C[C@@]1(CCCc2cc(Cl)ccc21)CO3. The fourth-order valence-corrected chi connectivity index (χ4v) is 10.8. The summed E-state index contributed by atoms with van der Waals surface area (Å²) in [5.74, 6) is -0.0528. The van der Waals surface area contributed by atoms with Crippen LogP contribution in [0.3, 0.4) is 0 Å². The number of allylic oxidation sites excluding steroid dienone is 1. The second-order valence-electron chi connectivity index (χ2n) is 15.2. The van der Waals surface area contributed by atoms with E-state index in [0.717, 1.165) is 55.1 Å². The Morgan fingerprint density at radius 3 is 2.87 bits per heavy atom. The number of nitrogens with one attached hydrogen (secondary N) is 1. The molecule has 8 rings (SSSR count). The number of hydrogen-bond donors (Lipinski definition) is 1. The summed E-state index contributed by atoms with van der Waals surface area (Å²) in [6.45, 7) is 5.30. The first kappa shape index (κ1) is 35.3. The van der Waals surface area contributed by atoms with Crippen LogP contribution in [0.1, 0.15) is 76.7 Å². The summed E-state index contributed by atoms with van der Waals surface area (Å²) < 4.78 is 41.5. The van der Waals surface area contributed by atoms with Crippen molar-refractivity contribution in [1.29, 1.82) is 0 Å². The van der Waals surface area contributed by atoms with Gasteiger partial charge >= 0.3 is 0 Å². The summed E-state index contributed by atoms with van der Waals surface area (Å²) in [6, 6.07) is 13.2. The number of aryl methyl sites for hydroxylation is 1. The van der Waals surface area contributed by atoms with E-state index in [1.165, 1.54) is 11.1 Å². The molecule has 2 aromatic carbocycles. The lowest BCUT2D eigenvalue weighted by atomic mass is 9.68. The minimum atomic E-state index is -3.57. The van der Waals surface area contributed by atoms with Gasteiger partial charge < -0.3 is 19.1 Å². The molecule has 1 N–H and O–H groups in total. The van der Waals surface area contributed by atoms with Crippen molar-refractivity contribution in [3.05, 3.63) is 87.7 Å². The predicted molar refractivity (Wildman–Crippen MR) is 199 cm³/mol. The van der Waals surface area contributed by atoms with Crippen molar-refractivity contribution >= 4 is 39.0 Å². The lowest BCUT2D eigenvalue weighted by Gasteiger charge is -2.46. The van der Waals surface area contributed by atoms with Gasteiger partial charge in [0.05, 0.1) is 49.6 Å². The number of halogens is 1. The molecule has 6 atom stereocenters. The number of ether oxygens (including phenoxy) is 3. The second kappa shape index (κ2) is 14.3. The Kier molecular flexibility index (Phi) is 9.69. The number of rotatable bonds is 3. The van der Waals surface area contributed by atoms with E-state index in [2.05, 4.69) is 43.4 Å². The third-order valence-electron chi connectivity index (χ3n) is 11.6. The van der Waals surface area contributed by atoms with Gasteiger partial charge in [0.15, 0.2) is 5.69 Å². The smallest absolute Gasteiger partial charge is 0.286 e. The van der Waals surface area contributed by atoms with Gasteiger partial charge in [-0.1, -0.05) is 36.7 Å². The van der Waals surface area contributed by atoms with Crippen LogP contribution in [-0.4, -0.2) is 71.1 Å². The van der Waals surface area contributed by atoms with Gasteiger partial charge in [0, 0.05) is 36.2 Å². The van der Waals surface area contributed by atoms with Crippen molar-refractivity contribution in [3.8, 4) is 5.75 Å². The lowest BCUT2D eigenvalue weighted by Crippen LogP contribution is -2.49. The van der Waals surface area contributed by atoms with E-state index in [4.69, 9.17) is 25.8 Å². The Labute approximate surface area is 310 Å². The van der Waals surface area contributed by atoms with Crippen LogP contribution in [0.15, 0.2) is 59.0 Å². The minimum absolute atomic E-state index is 0.0126. The van der Waals surface area contributed by atoms with Gasteiger partial charge in [0.25, 0.3) is 11.8 Å². The number of nitrogens with zero attached hydrogens (tertiary/aromatic N) is 4. The number of aromatic nitrogens is 2. The Balaban J connectivity index is 1.18. The molecule has 3 aromatic rings. The highest BCUT2D eigenvalue weighted by Gasteiger charge is 2.44. The molecule has 1 saturated carbocycles. The first-order chi connectivity index (χ1) is 25.1. The molecule has 5 aliphatic rings. The van der Waals surface area contributed by atoms with Crippen molar-refractivity contribution in [1.82, 2.24) is 14.5 Å². The van der Waals surface area contributed by atoms with Gasteiger partial charge in [-0.2, -0.15) is 5.10 Å². The van der Waals surface area contributed by atoms with E-state index < -0.39 is 21.7 Å². The first-order valence-electron chi connectivity index (χ1n) is 18.4. The van der Waals surface area contributed by atoms with Gasteiger partial charge in [0.1, 0.15) is 15.7 Å². The summed E-state index contributed by atoms with van der Waals surface area (Å²) in [7, 11) is -1.80. The van der Waals surface area contributed by atoms with Crippen molar-refractivity contribution in [2.24, 2.45) is 22.1 Å². The molecule has 3 aliphatic heterocycles. The zero-order valence-electron chi connectivity index (χ0n) is 29.7. The van der Waals surface area contributed by atoms with Crippen molar-refractivity contribution in [2.45, 2.75) is 70.1 Å². The Morgan fingerprint density at radius 2 is 2.06 bits per heavy atom. The molecule has 0 saturated heterocycles. The number of fused-ring (bicyclic) bond motifs is 5. The van der Waals surface area contributed by atoms with Crippen LogP contribution in [0, 0.1) is 17.8 Å². The van der Waals surface area contributed by atoms with Crippen LogP contribution < -0.4 is 14.4 Å². The number of carbonyl (C=O) groups excluding carboxylic acids is 2. The third kappa shape index (κ3) is 6.90. The summed E-state index contributed by atoms with van der Waals surface area (Å²) in [4.78, 5) is 30.0. The summed E-state index contributed by atoms with van der Waals surface area (Å²) in [6.07, 6.45) is 9.84. The summed E-state index contributed by atoms with van der Waals surface area (Å²) in [5, 5.41) is 5.14. The Hall–Kier alpha value is -3.71. The third-order valence-corrected chi connectivity index (χ3v) is 13.8. The van der Waals surface area contributed by atoms with Crippen molar-refractivity contribution in [3.63, 3.8) is 0 Å². The first-order valence-corrected chi connectivity index (χ1v) is 20.4. The highest BCUT2D eigenvalue weighted by atomic mass is 35.5. The van der Waals surface area contributed by atoms with Crippen LogP contribution in [0.2, 0.25) is 5.02 Å².